The van der Waals surface area contributed by atoms with Gasteiger partial charge in [-0.15, -0.1) is 0 Å². The Labute approximate surface area is 184 Å². The standard InChI is InChI=1S/C23H23N3O6/c1-14-3-5-17(6-4-14)22(30)25-26-12-18(11-21(26)29)23(31)32-13-20(28)24-19-9-7-16(8-10-19)15(2)27/h3-10,18H,11-13H2,1-2H3,(H,24,28)(H,25,30)/t18-/m1/s1. The third-order valence-electron chi connectivity index (χ3n) is 4.93. The lowest BCUT2D eigenvalue weighted by molar-refractivity contribution is -0.151. The Morgan fingerprint density at radius 1 is 1.00 bits per heavy atom. The van der Waals surface area contributed by atoms with E-state index < -0.39 is 36.2 Å². The van der Waals surface area contributed by atoms with Crippen LogP contribution in [0.2, 0.25) is 0 Å². The predicted molar refractivity (Wildman–Crippen MR) is 115 cm³/mol. The minimum Gasteiger partial charge on any atom is -0.455 e. The monoisotopic (exact) mass is 437 g/mol. The Hall–Kier alpha value is -4.01. The first-order chi connectivity index (χ1) is 15.2. The summed E-state index contributed by atoms with van der Waals surface area (Å²) in [6.45, 7) is 2.78. The van der Waals surface area contributed by atoms with Gasteiger partial charge in [0.05, 0.1) is 12.5 Å². The highest BCUT2D eigenvalue weighted by Crippen LogP contribution is 2.18. The predicted octanol–water partition coefficient (Wildman–Crippen LogP) is 1.87. The summed E-state index contributed by atoms with van der Waals surface area (Å²) in [4.78, 5) is 60.0. The normalized spacial score (nSPS) is 15.2. The highest BCUT2D eigenvalue weighted by molar-refractivity contribution is 5.97. The fourth-order valence-electron chi connectivity index (χ4n) is 3.11. The zero-order valence-electron chi connectivity index (χ0n) is 17.7. The second-order valence-corrected chi connectivity index (χ2v) is 7.50. The van der Waals surface area contributed by atoms with Crippen LogP contribution in [-0.2, 0) is 19.1 Å². The summed E-state index contributed by atoms with van der Waals surface area (Å²) in [5.41, 5.74) is 4.85. The van der Waals surface area contributed by atoms with Crippen molar-refractivity contribution >= 4 is 35.2 Å². The van der Waals surface area contributed by atoms with Crippen LogP contribution in [-0.4, -0.2) is 47.6 Å². The number of rotatable bonds is 7. The summed E-state index contributed by atoms with van der Waals surface area (Å²) in [6.07, 6.45) is -0.124. The number of hydrogen-bond donors (Lipinski definition) is 2. The highest BCUT2D eigenvalue weighted by atomic mass is 16.5. The van der Waals surface area contributed by atoms with Crippen LogP contribution in [0, 0.1) is 12.8 Å². The van der Waals surface area contributed by atoms with E-state index in [2.05, 4.69) is 10.7 Å². The van der Waals surface area contributed by atoms with Crippen LogP contribution in [0.25, 0.3) is 0 Å². The zero-order valence-corrected chi connectivity index (χ0v) is 17.7. The van der Waals surface area contributed by atoms with Crippen LogP contribution in [0.4, 0.5) is 5.69 Å². The summed E-state index contributed by atoms with van der Waals surface area (Å²) >= 11 is 0. The third-order valence-corrected chi connectivity index (χ3v) is 4.93. The van der Waals surface area contributed by atoms with Gasteiger partial charge >= 0.3 is 5.97 Å². The number of carbonyl (C=O) groups excluding carboxylic acids is 5. The zero-order chi connectivity index (χ0) is 23.3. The molecule has 0 aliphatic carbocycles. The number of ketones is 1. The van der Waals surface area contributed by atoms with Crippen LogP contribution < -0.4 is 10.7 Å². The minimum absolute atomic E-state index is 0.0383. The third kappa shape index (κ3) is 5.78. The first-order valence-electron chi connectivity index (χ1n) is 9.98. The fourth-order valence-corrected chi connectivity index (χ4v) is 3.11. The molecule has 0 saturated carbocycles. The Morgan fingerprint density at radius 2 is 1.62 bits per heavy atom. The first kappa shape index (κ1) is 22.7. The van der Waals surface area contributed by atoms with Gasteiger partial charge in [-0.3, -0.25) is 34.4 Å². The van der Waals surface area contributed by atoms with Crippen molar-refractivity contribution in [2.45, 2.75) is 20.3 Å². The molecule has 1 heterocycles. The Morgan fingerprint density at radius 3 is 2.25 bits per heavy atom. The molecule has 1 aliphatic heterocycles. The van der Waals surface area contributed by atoms with E-state index in [-0.39, 0.29) is 18.7 Å². The summed E-state index contributed by atoms with van der Waals surface area (Å²) < 4.78 is 5.02. The van der Waals surface area contributed by atoms with E-state index in [1.807, 2.05) is 6.92 Å². The number of benzene rings is 2. The molecule has 0 bridgehead atoms. The van der Waals surface area contributed by atoms with Crippen molar-refractivity contribution in [2.24, 2.45) is 5.92 Å². The molecule has 2 aromatic rings. The highest BCUT2D eigenvalue weighted by Gasteiger charge is 2.36. The van der Waals surface area contributed by atoms with E-state index in [0.717, 1.165) is 10.6 Å². The Balaban J connectivity index is 1.46. The fraction of sp³-hybridized carbons (Fsp3) is 0.261. The molecule has 1 saturated heterocycles. The Bertz CT molecular complexity index is 1050. The van der Waals surface area contributed by atoms with Crippen molar-refractivity contribution in [3.8, 4) is 0 Å². The second-order valence-electron chi connectivity index (χ2n) is 7.50. The van der Waals surface area contributed by atoms with Crippen molar-refractivity contribution in [3.05, 3.63) is 65.2 Å². The Kier molecular flexibility index (Phi) is 6.99. The summed E-state index contributed by atoms with van der Waals surface area (Å²) in [6, 6.07) is 13.1. The van der Waals surface area contributed by atoms with Gasteiger partial charge in [-0.1, -0.05) is 17.7 Å². The number of anilines is 1. The van der Waals surface area contributed by atoms with Crippen LogP contribution in [0.1, 0.15) is 39.6 Å². The van der Waals surface area contributed by atoms with Gasteiger partial charge in [0, 0.05) is 23.2 Å². The van der Waals surface area contributed by atoms with Crippen molar-refractivity contribution in [1.29, 1.82) is 0 Å². The van der Waals surface area contributed by atoms with Gasteiger partial charge in [0.2, 0.25) is 5.91 Å². The average molecular weight is 437 g/mol. The van der Waals surface area contributed by atoms with Crippen LogP contribution in [0.3, 0.4) is 0 Å². The van der Waals surface area contributed by atoms with E-state index >= 15 is 0 Å². The smallest absolute Gasteiger partial charge is 0.311 e. The van der Waals surface area contributed by atoms with Gasteiger partial charge in [-0.2, -0.15) is 0 Å². The molecule has 1 atom stereocenters. The lowest BCUT2D eigenvalue weighted by Crippen LogP contribution is -2.43. The summed E-state index contributed by atoms with van der Waals surface area (Å²) in [7, 11) is 0. The molecule has 3 amide bonds. The quantitative estimate of drug-likeness (QED) is 0.504. The molecule has 166 valence electrons. The number of aryl methyl sites for hydroxylation is 1. The maximum Gasteiger partial charge on any atom is 0.311 e. The molecule has 1 aliphatic rings. The number of nitrogens with one attached hydrogen (secondary N) is 2. The molecule has 3 rings (SSSR count). The topological polar surface area (TPSA) is 122 Å². The van der Waals surface area contributed by atoms with Gasteiger partial charge in [0.25, 0.3) is 11.8 Å². The lowest BCUT2D eigenvalue weighted by Gasteiger charge is -2.17. The summed E-state index contributed by atoms with van der Waals surface area (Å²) in [5, 5.41) is 3.65. The molecular formula is C23H23N3O6. The number of esters is 1. The number of carbonyl (C=O) groups is 5. The summed E-state index contributed by atoms with van der Waals surface area (Å²) in [5.74, 6) is -3.00. The molecule has 0 spiro atoms. The van der Waals surface area contributed by atoms with Crippen LogP contribution >= 0.6 is 0 Å². The molecule has 9 heteroatoms. The van der Waals surface area contributed by atoms with Gasteiger partial charge in [0.15, 0.2) is 12.4 Å². The van der Waals surface area contributed by atoms with Crippen molar-refractivity contribution < 1.29 is 28.7 Å². The number of hydrogen-bond acceptors (Lipinski definition) is 6. The molecule has 32 heavy (non-hydrogen) atoms. The lowest BCUT2D eigenvalue weighted by atomic mass is 10.1. The first-order valence-corrected chi connectivity index (χ1v) is 9.98. The van der Waals surface area contributed by atoms with Gasteiger partial charge in [0.1, 0.15) is 0 Å². The van der Waals surface area contributed by atoms with Crippen molar-refractivity contribution in [1.82, 2.24) is 10.4 Å². The molecule has 0 unspecified atom stereocenters. The van der Waals surface area contributed by atoms with Crippen LogP contribution in [0.5, 0.6) is 0 Å². The van der Waals surface area contributed by atoms with E-state index in [9.17, 15) is 24.0 Å². The van der Waals surface area contributed by atoms with Crippen molar-refractivity contribution in [2.75, 3.05) is 18.5 Å². The van der Waals surface area contributed by atoms with E-state index in [4.69, 9.17) is 4.74 Å². The van der Waals surface area contributed by atoms with Gasteiger partial charge < -0.3 is 10.1 Å². The maximum atomic E-state index is 12.3. The number of hydrazine groups is 1. The molecular weight excluding hydrogens is 414 g/mol. The molecule has 2 N–H and O–H groups in total. The molecule has 0 radical (unpaired) electrons. The number of ether oxygens (including phenoxy) is 1. The minimum atomic E-state index is -0.788. The van der Waals surface area contributed by atoms with Crippen molar-refractivity contribution in [3.63, 3.8) is 0 Å². The average Bonchev–Trinajstić information content (AvgIpc) is 3.13. The van der Waals surface area contributed by atoms with Gasteiger partial charge in [-0.05, 0) is 50.2 Å². The van der Waals surface area contributed by atoms with E-state index in [1.165, 1.54) is 6.92 Å². The van der Waals surface area contributed by atoms with Crippen LogP contribution in [0.15, 0.2) is 48.5 Å². The molecule has 9 nitrogen and oxygen atoms in total. The van der Waals surface area contributed by atoms with E-state index in [0.29, 0.717) is 16.8 Å². The number of nitrogens with zero attached hydrogens (tertiary/aromatic N) is 1. The molecule has 0 aromatic heterocycles. The number of Topliss-reactive ketones (excluding diaryl/α,β-unsaturated/α-hetero) is 1. The number of amides is 3. The van der Waals surface area contributed by atoms with Gasteiger partial charge in [-0.25, -0.2) is 0 Å². The molecule has 1 fully saturated rings. The largest absolute Gasteiger partial charge is 0.455 e. The second kappa shape index (κ2) is 9.86. The molecule has 2 aromatic carbocycles. The SMILES string of the molecule is CC(=O)c1ccc(NC(=O)COC(=O)[C@@H]2CC(=O)N(NC(=O)c3ccc(C)cc3)C2)cc1. The maximum absolute atomic E-state index is 12.3. The van der Waals surface area contributed by atoms with E-state index in [1.54, 1.807) is 48.5 Å².